The predicted octanol–water partition coefficient (Wildman–Crippen LogP) is 10.9. The van der Waals surface area contributed by atoms with Crippen LogP contribution in [-0.4, -0.2) is 43.0 Å². The van der Waals surface area contributed by atoms with Gasteiger partial charge in [-0.25, -0.2) is 9.97 Å². The largest absolute Gasteiger partial charge is 2.00 e. The number of hydrogen-bond acceptors (Lipinski definition) is 2. The summed E-state index contributed by atoms with van der Waals surface area (Å²) < 4.78 is 0. The van der Waals surface area contributed by atoms with Crippen molar-refractivity contribution in [2.45, 2.75) is 0 Å². The second kappa shape index (κ2) is 13.0. The number of rotatable bonds is 4. The molecule has 2 aliphatic heterocycles. The molecule has 226 valence electrons. The molecular formula is C44H30MgN4+2. The number of hydrogen-bond donors (Lipinski definition) is 2. The van der Waals surface area contributed by atoms with Gasteiger partial charge in [0.25, 0.3) is 0 Å². The summed E-state index contributed by atoms with van der Waals surface area (Å²) in [5.41, 5.74) is 16.2. The number of nitrogens with zero attached hydrogens (tertiary/aromatic N) is 2. The van der Waals surface area contributed by atoms with Gasteiger partial charge in [0, 0.05) is 44.3 Å². The van der Waals surface area contributed by atoms with Crippen molar-refractivity contribution < 1.29 is 0 Å². The van der Waals surface area contributed by atoms with E-state index in [2.05, 4.69) is 162 Å². The minimum atomic E-state index is 0. The molecule has 0 spiro atoms. The molecule has 2 aliphatic rings. The van der Waals surface area contributed by atoms with Crippen LogP contribution in [0.5, 0.6) is 0 Å². The molecule has 4 nitrogen and oxygen atoms in total. The molecule has 0 saturated carbocycles. The third kappa shape index (κ3) is 5.63. The van der Waals surface area contributed by atoms with E-state index >= 15 is 0 Å². The van der Waals surface area contributed by atoms with E-state index in [9.17, 15) is 0 Å². The number of nitrogens with one attached hydrogen (secondary N) is 2. The maximum atomic E-state index is 5.33. The van der Waals surface area contributed by atoms with Gasteiger partial charge in [-0.05, 0) is 70.8 Å². The van der Waals surface area contributed by atoms with Crippen molar-refractivity contribution in [3.63, 3.8) is 0 Å². The fraction of sp³-hybridized carbons (Fsp3) is 0. The van der Waals surface area contributed by atoms with Crippen LogP contribution in [-0.2, 0) is 0 Å². The van der Waals surface area contributed by atoms with Gasteiger partial charge in [0.2, 0.25) is 0 Å². The average molecular weight is 639 g/mol. The second-order valence-corrected chi connectivity index (χ2v) is 12.0. The molecule has 0 amide bonds. The van der Waals surface area contributed by atoms with Crippen molar-refractivity contribution >= 4 is 69.4 Å². The van der Waals surface area contributed by atoms with Crippen LogP contribution >= 0.6 is 0 Å². The Morgan fingerprint density at radius 1 is 0.286 bits per heavy atom. The molecule has 0 fully saturated rings. The predicted molar refractivity (Wildman–Crippen MR) is 206 cm³/mol. The SMILES string of the molecule is C1=Cc2nc1c(-c1ccccc1)c1nc(c(-c3ccccc3)c3ccc([nH]3)c(-c3ccccc3)c3ccc([nH]3)c2-c2ccccc2)C=C1.[Mg+2]. The van der Waals surface area contributed by atoms with E-state index in [-0.39, 0.29) is 23.1 Å². The van der Waals surface area contributed by atoms with E-state index in [1.165, 1.54) is 0 Å². The Morgan fingerprint density at radius 2 is 0.551 bits per heavy atom. The summed E-state index contributed by atoms with van der Waals surface area (Å²) in [6.45, 7) is 0. The standard InChI is InChI=1S/C44H30N4.Mg/c1-5-13-29(14-6-1)41-33-21-23-35(45-33)42(30-15-7-2-8-16-30)37-25-27-39(47-37)44(32-19-11-4-12-20-32)40-28-26-38(48-40)43(31-17-9-3-10-18-31)36-24-22-34(41)46-36;/h1-28,45-46H;/q;+2. The van der Waals surface area contributed by atoms with Gasteiger partial charge in [0.15, 0.2) is 0 Å². The van der Waals surface area contributed by atoms with Gasteiger partial charge in [-0.3, -0.25) is 0 Å². The summed E-state index contributed by atoms with van der Waals surface area (Å²) in [5.74, 6) is 0. The summed E-state index contributed by atoms with van der Waals surface area (Å²) in [6, 6.07) is 50.7. The van der Waals surface area contributed by atoms with E-state index in [4.69, 9.17) is 9.97 Å². The molecular weight excluding hydrogens is 609 g/mol. The average Bonchev–Trinajstić information content (AvgIpc) is 3.98. The van der Waals surface area contributed by atoms with E-state index in [1.54, 1.807) is 0 Å². The Kier molecular flexibility index (Phi) is 8.13. The fourth-order valence-electron chi connectivity index (χ4n) is 6.84. The molecule has 4 aromatic carbocycles. The zero-order chi connectivity index (χ0) is 31.9. The molecule has 9 rings (SSSR count). The van der Waals surface area contributed by atoms with Gasteiger partial charge >= 0.3 is 23.1 Å². The normalized spacial score (nSPS) is 11.8. The molecule has 49 heavy (non-hydrogen) atoms. The maximum Gasteiger partial charge on any atom is 2.00 e. The van der Waals surface area contributed by atoms with Crippen LogP contribution in [0.2, 0.25) is 0 Å². The quantitative estimate of drug-likeness (QED) is 0.188. The molecule has 0 saturated heterocycles. The second-order valence-electron chi connectivity index (χ2n) is 12.0. The molecule has 0 aliphatic carbocycles. The Bertz CT molecular complexity index is 2390. The first-order valence-electron chi connectivity index (χ1n) is 16.2. The summed E-state index contributed by atoms with van der Waals surface area (Å²) in [6.07, 6.45) is 8.50. The van der Waals surface area contributed by atoms with Crippen LogP contribution in [0, 0.1) is 0 Å². The van der Waals surface area contributed by atoms with Crippen LogP contribution in [0.4, 0.5) is 0 Å². The molecule has 3 aromatic heterocycles. The summed E-state index contributed by atoms with van der Waals surface area (Å²) in [7, 11) is 0. The topological polar surface area (TPSA) is 57.4 Å². The minimum Gasteiger partial charge on any atom is -0.354 e. The van der Waals surface area contributed by atoms with Gasteiger partial charge in [-0.15, -0.1) is 0 Å². The van der Waals surface area contributed by atoms with Crippen LogP contribution in [0.25, 0.3) is 90.9 Å². The first-order chi connectivity index (χ1) is 23.8. The van der Waals surface area contributed by atoms with Gasteiger partial charge in [0.05, 0.1) is 22.8 Å². The number of fused-ring (bicyclic) bond motifs is 8. The van der Waals surface area contributed by atoms with Crippen LogP contribution in [0.1, 0.15) is 22.8 Å². The van der Waals surface area contributed by atoms with Gasteiger partial charge < -0.3 is 9.97 Å². The molecule has 2 N–H and O–H groups in total. The zero-order valence-electron chi connectivity index (χ0n) is 26.8. The summed E-state index contributed by atoms with van der Waals surface area (Å²) in [4.78, 5) is 18.3. The molecule has 5 heteroatoms. The number of aromatic amines is 2. The van der Waals surface area contributed by atoms with Crippen LogP contribution in [0.15, 0.2) is 146 Å². The molecule has 0 radical (unpaired) electrons. The van der Waals surface area contributed by atoms with Crippen molar-refractivity contribution in [2.75, 3.05) is 0 Å². The number of H-pyrrole nitrogens is 2. The molecule has 0 atom stereocenters. The van der Waals surface area contributed by atoms with E-state index in [0.29, 0.717) is 0 Å². The first kappa shape index (κ1) is 30.6. The van der Waals surface area contributed by atoms with Gasteiger partial charge in [0.1, 0.15) is 0 Å². The van der Waals surface area contributed by atoms with Crippen molar-refractivity contribution in [3.8, 4) is 44.5 Å². The summed E-state index contributed by atoms with van der Waals surface area (Å²) >= 11 is 0. The van der Waals surface area contributed by atoms with Crippen molar-refractivity contribution in [2.24, 2.45) is 0 Å². The molecule has 8 bridgehead atoms. The monoisotopic (exact) mass is 638 g/mol. The van der Waals surface area contributed by atoms with Crippen molar-refractivity contribution in [1.29, 1.82) is 0 Å². The first-order valence-corrected chi connectivity index (χ1v) is 16.2. The maximum absolute atomic E-state index is 5.33. The van der Waals surface area contributed by atoms with E-state index in [1.807, 2.05) is 18.2 Å². The van der Waals surface area contributed by atoms with Crippen molar-refractivity contribution in [3.05, 3.63) is 168 Å². The van der Waals surface area contributed by atoms with Crippen LogP contribution in [0.3, 0.4) is 0 Å². The van der Waals surface area contributed by atoms with Gasteiger partial charge in [-0.1, -0.05) is 121 Å². The number of aromatic nitrogens is 4. The minimum absolute atomic E-state index is 0. The Hall–Kier alpha value is -5.75. The zero-order valence-corrected chi connectivity index (χ0v) is 28.2. The third-order valence-corrected chi connectivity index (χ3v) is 9.00. The Balaban J connectivity index is 0.00000348. The van der Waals surface area contributed by atoms with E-state index < -0.39 is 0 Å². The Labute approximate surface area is 300 Å². The fourth-order valence-corrected chi connectivity index (χ4v) is 6.84. The Morgan fingerprint density at radius 3 is 0.898 bits per heavy atom. The molecule has 7 aromatic rings. The van der Waals surface area contributed by atoms with Crippen molar-refractivity contribution in [1.82, 2.24) is 19.9 Å². The molecule has 0 unspecified atom stereocenters. The van der Waals surface area contributed by atoms with Gasteiger partial charge in [-0.2, -0.15) is 0 Å². The summed E-state index contributed by atoms with van der Waals surface area (Å²) in [5, 5.41) is 0. The number of benzene rings is 4. The third-order valence-electron chi connectivity index (χ3n) is 9.00. The van der Waals surface area contributed by atoms with E-state index in [0.717, 1.165) is 89.4 Å². The van der Waals surface area contributed by atoms with Crippen LogP contribution < -0.4 is 0 Å². The smallest absolute Gasteiger partial charge is 0.354 e. The molecule has 5 heterocycles.